The summed E-state index contributed by atoms with van der Waals surface area (Å²) in [5.74, 6) is 1.47. The Morgan fingerprint density at radius 3 is 2.55 bits per heavy atom. The van der Waals surface area contributed by atoms with Crippen molar-refractivity contribution in [3.63, 3.8) is 0 Å². The Balaban J connectivity index is 1.81. The molecule has 1 aliphatic carbocycles. The lowest BCUT2D eigenvalue weighted by Crippen LogP contribution is -2.10. The maximum atomic E-state index is 6.36. The van der Waals surface area contributed by atoms with Gasteiger partial charge >= 0.3 is 0 Å². The van der Waals surface area contributed by atoms with Crippen LogP contribution in [0.4, 0.5) is 0 Å². The third-order valence-corrected chi connectivity index (χ3v) is 3.94. The molecule has 1 aromatic carbocycles. The Morgan fingerprint density at radius 1 is 1.20 bits per heavy atom. The number of aromatic nitrogens is 2. The molecular formula is C15H17ClN2O2. The highest BCUT2D eigenvalue weighted by Gasteiger charge is 2.20. The van der Waals surface area contributed by atoms with Gasteiger partial charge in [-0.1, -0.05) is 11.6 Å². The van der Waals surface area contributed by atoms with Crippen LogP contribution in [0.5, 0.6) is 11.5 Å². The molecule has 1 aromatic heterocycles. The van der Waals surface area contributed by atoms with Gasteiger partial charge in [0, 0.05) is 0 Å². The van der Waals surface area contributed by atoms with Crippen LogP contribution in [0.25, 0.3) is 5.69 Å². The Labute approximate surface area is 123 Å². The maximum Gasteiger partial charge on any atom is 0.177 e. The van der Waals surface area contributed by atoms with Crippen molar-refractivity contribution in [2.24, 2.45) is 0 Å². The van der Waals surface area contributed by atoms with Crippen molar-refractivity contribution in [3.05, 3.63) is 35.6 Å². The quantitative estimate of drug-likeness (QED) is 0.858. The molecule has 0 unspecified atom stereocenters. The lowest BCUT2D eigenvalue weighted by atomic mass is 10.3. The Hall–Kier alpha value is -1.68. The molecule has 5 heteroatoms. The number of rotatable bonds is 4. The molecule has 0 aliphatic heterocycles. The van der Waals surface area contributed by atoms with Gasteiger partial charge in [0.25, 0.3) is 0 Å². The summed E-state index contributed by atoms with van der Waals surface area (Å²) in [5, 5.41) is 4.82. The van der Waals surface area contributed by atoms with Gasteiger partial charge in [-0.2, -0.15) is 5.10 Å². The normalized spacial score (nSPS) is 15.5. The second kappa shape index (κ2) is 5.75. The second-order valence-electron chi connectivity index (χ2n) is 4.93. The van der Waals surface area contributed by atoms with Crippen LogP contribution >= 0.6 is 11.6 Å². The van der Waals surface area contributed by atoms with Crippen molar-refractivity contribution in [2.45, 2.75) is 31.8 Å². The third-order valence-electron chi connectivity index (χ3n) is 3.59. The van der Waals surface area contributed by atoms with Crippen molar-refractivity contribution in [2.75, 3.05) is 7.11 Å². The molecule has 0 spiro atoms. The van der Waals surface area contributed by atoms with Gasteiger partial charge in [0.05, 0.1) is 25.1 Å². The zero-order valence-electron chi connectivity index (χ0n) is 11.4. The van der Waals surface area contributed by atoms with Gasteiger partial charge in [0.2, 0.25) is 0 Å². The smallest absolute Gasteiger partial charge is 0.177 e. The Morgan fingerprint density at radius 2 is 1.90 bits per heavy atom. The number of halogens is 1. The number of ether oxygens (including phenoxy) is 2. The Bertz CT molecular complexity index is 574. The summed E-state index contributed by atoms with van der Waals surface area (Å²) in [5.41, 5.74) is 0.886. The predicted molar refractivity (Wildman–Crippen MR) is 78.0 cm³/mol. The zero-order valence-corrected chi connectivity index (χ0v) is 12.1. The lowest BCUT2D eigenvalue weighted by molar-refractivity contribution is 0.210. The van der Waals surface area contributed by atoms with Crippen LogP contribution in [0.15, 0.2) is 30.5 Å². The summed E-state index contributed by atoms with van der Waals surface area (Å²) in [6.07, 6.45) is 6.63. The first kappa shape index (κ1) is 13.3. The molecule has 0 amide bonds. The maximum absolute atomic E-state index is 6.36. The fourth-order valence-electron chi connectivity index (χ4n) is 2.49. The molecule has 2 aromatic rings. The summed E-state index contributed by atoms with van der Waals surface area (Å²) in [7, 11) is 1.64. The van der Waals surface area contributed by atoms with Crippen LogP contribution in [0.3, 0.4) is 0 Å². The van der Waals surface area contributed by atoms with Crippen molar-refractivity contribution < 1.29 is 9.47 Å². The van der Waals surface area contributed by atoms with E-state index in [4.69, 9.17) is 21.1 Å². The molecule has 0 N–H and O–H groups in total. The van der Waals surface area contributed by atoms with Gasteiger partial charge in [-0.3, -0.25) is 0 Å². The van der Waals surface area contributed by atoms with E-state index in [9.17, 15) is 0 Å². The van der Waals surface area contributed by atoms with Crippen LogP contribution in [-0.4, -0.2) is 23.0 Å². The SMILES string of the molecule is COc1ccc(-n2ncc(OC3CCCC3)c2Cl)cc1. The number of benzene rings is 1. The number of nitrogens with zero attached hydrogens (tertiary/aromatic N) is 2. The van der Waals surface area contributed by atoms with Crippen LogP contribution in [0.1, 0.15) is 25.7 Å². The van der Waals surface area contributed by atoms with Crippen molar-refractivity contribution >= 4 is 11.6 Å². The highest BCUT2D eigenvalue weighted by Crippen LogP contribution is 2.31. The van der Waals surface area contributed by atoms with E-state index >= 15 is 0 Å². The van der Waals surface area contributed by atoms with E-state index in [1.54, 1.807) is 18.0 Å². The third kappa shape index (κ3) is 2.61. The summed E-state index contributed by atoms with van der Waals surface area (Å²) in [6.45, 7) is 0. The van der Waals surface area contributed by atoms with E-state index < -0.39 is 0 Å². The first-order chi connectivity index (χ1) is 9.78. The molecule has 1 saturated carbocycles. The molecule has 4 nitrogen and oxygen atoms in total. The molecule has 0 atom stereocenters. The second-order valence-corrected chi connectivity index (χ2v) is 5.29. The van der Waals surface area contributed by atoms with Crippen molar-refractivity contribution in [1.82, 2.24) is 9.78 Å². The molecule has 0 saturated heterocycles. The average molecular weight is 293 g/mol. The fourth-order valence-corrected chi connectivity index (χ4v) is 2.72. The van der Waals surface area contributed by atoms with E-state index in [1.165, 1.54) is 12.8 Å². The molecular weight excluding hydrogens is 276 g/mol. The van der Waals surface area contributed by atoms with Gasteiger partial charge in [0.1, 0.15) is 5.75 Å². The van der Waals surface area contributed by atoms with Crippen LogP contribution < -0.4 is 9.47 Å². The van der Waals surface area contributed by atoms with Gasteiger partial charge in [0.15, 0.2) is 10.9 Å². The largest absolute Gasteiger partial charge is 0.497 e. The number of methoxy groups -OCH3 is 1. The van der Waals surface area contributed by atoms with E-state index in [-0.39, 0.29) is 6.10 Å². The van der Waals surface area contributed by atoms with Gasteiger partial charge in [-0.25, -0.2) is 4.68 Å². The lowest BCUT2D eigenvalue weighted by Gasteiger charge is -2.11. The zero-order chi connectivity index (χ0) is 13.9. The minimum Gasteiger partial charge on any atom is -0.497 e. The highest BCUT2D eigenvalue weighted by molar-refractivity contribution is 6.31. The summed E-state index contributed by atoms with van der Waals surface area (Å²) in [4.78, 5) is 0. The van der Waals surface area contributed by atoms with E-state index in [0.29, 0.717) is 10.9 Å². The van der Waals surface area contributed by atoms with E-state index in [0.717, 1.165) is 24.3 Å². The first-order valence-electron chi connectivity index (χ1n) is 6.82. The summed E-state index contributed by atoms with van der Waals surface area (Å²) < 4.78 is 12.7. The van der Waals surface area contributed by atoms with E-state index in [1.807, 2.05) is 24.3 Å². The molecule has 20 heavy (non-hydrogen) atoms. The summed E-state index contributed by atoms with van der Waals surface area (Å²) in [6, 6.07) is 7.59. The monoisotopic (exact) mass is 292 g/mol. The standard InChI is InChI=1S/C15H17ClN2O2/c1-19-12-8-6-11(7-9-12)18-15(16)14(10-17-18)20-13-4-2-3-5-13/h6-10,13H,2-5H2,1H3. The van der Waals surface area contributed by atoms with E-state index in [2.05, 4.69) is 5.10 Å². The molecule has 1 aliphatic rings. The topological polar surface area (TPSA) is 36.3 Å². The number of hydrogen-bond donors (Lipinski definition) is 0. The van der Waals surface area contributed by atoms with Crippen LogP contribution in [0.2, 0.25) is 5.15 Å². The molecule has 0 bridgehead atoms. The highest BCUT2D eigenvalue weighted by atomic mass is 35.5. The van der Waals surface area contributed by atoms with Crippen molar-refractivity contribution in [1.29, 1.82) is 0 Å². The minimum absolute atomic E-state index is 0.279. The molecule has 1 fully saturated rings. The molecule has 3 rings (SSSR count). The Kier molecular flexibility index (Phi) is 3.83. The van der Waals surface area contributed by atoms with Gasteiger partial charge < -0.3 is 9.47 Å². The van der Waals surface area contributed by atoms with Gasteiger partial charge in [-0.15, -0.1) is 0 Å². The fraction of sp³-hybridized carbons (Fsp3) is 0.400. The minimum atomic E-state index is 0.279. The molecule has 0 radical (unpaired) electrons. The molecule has 1 heterocycles. The van der Waals surface area contributed by atoms with Crippen molar-refractivity contribution in [3.8, 4) is 17.2 Å². The predicted octanol–water partition coefficient (Wildman–Crippen LogP) is 3.86. The number of hydrogen-bond acceptors (Lipinski definition) is 3. The van der Waals surface area contributed by atoms with Crippen LogP contribution in [0, 0.1) is 0 Å². The van der Waals surface area contributed by atoms with Crippen LogP contribution in [-0.2, 0) is 0 Å². The average Bonchev–Trinajstić information content (AvgIpc) is 3.11. The first-order valence-corrected chi connectivity index (χ1v) is 7.20. The molecule has 106 valence electrons. The van der Waals surface area contributed by atoms with Gasteiger partial charge in [-0.05, 0) is 49.9 Å². The summed E-state index contributed by atoms with van der Waals surface area (Å²) >= 11 is 6.36.